The molecule has 0 saturated carbocycles. The van der Waals surface area contributed by atoms with Gasteiger partial charge in [-0.3, -0.25) is 9.78 Å². The molecule has 0 aliphatic carbocycles. The minimum atomic E-state index is -0.221. The van der Waals surface area contributed by atoms with E-state index < -0.39 is 0 Å². The summed E-state index contributed by atoms with van der Waals surface area (Å²) >= 11 is 0. The van der Waals surface area contributed by atoms with Crippen molar-refractivity contribution in [1.29, 1.82) is 0 Å². The molecule has 1 amide bonds. The fraction of sp³-hybridized carbons (Fsp3) is 0.158. The van der Waals surface area contributed by atoms with Crippen LogP contribution in [0.1, 0.15) is 28.4 Å². The first-order valence-corrected chi connectivity index (χ1v) is 8.10. The van der Waals surface area contributed by atoms with Crippen LogP contribution in [0, 0.1) is 0 Å². The highest BCUT2D eigenvalue weighted by Gasteiger charge is 2.09. The molecular weight excluding hydrogens is 314 g/mol. The van der Waals surface area contributed by atoms with Crippen molar-refractivity contribution in [3.8, 4) is 0 Å². The van der Waals surface area contributed by atoms with Gasteiger partial charge in [0.1, 0.15) is 0 Å². The molecule has 0 bridgehead atoms. The SMILES string of the molecule is CCc1ccccc1NC(=O)c1cnc(NCc2ccncc2)nc1. The number of anilines is 2. The van der Waals surface area contributed by atoms with Gasteiger partial charge < -0.3 is 10.6 Å². The summed E-state index contributed by atoms with van der Waals surface area (Å²) in [4.78, 5) is 24.7. The number of amides is 1. The summed E-state index contributed by atoms with van der Waals surface area (Å²) < 4.78 is 0. The van der Waals surface area contributed by atoms with Gasteiger partial charge in [0, 0.05) is 37.0 Å². The molecule has 0 spiro atoms. The minimum Gasteiger partial charge on any atom is -0.350 e. The van der Waals surface area contributed by atoms with Crippen LogP contribution in [-0.2, 0) is 13.0 Å². The third-order valence-electron chi connectivity index (χ3n) is 3.76. The second kappa shape index (κ2) is 8.01. The molecule has 25 heavy (non-hydrogen) atoms. The number of para-hydroxylation sites is 1. The van der Waals surface area contributed by atoms with Crippen LogP contribution in [0.3, 0.4) is 0 Å². The van der Waals surface area contributed by atoms with Gasteiger partial charge in [-0.15, -0.1) is 0 Å². The lowest BCUT2D eigenvalue weighted by Gasteiger charge is -2.10. The van der Waals surface area contributed by atoms with Crippen LogP contribution in [0.2, 0.25) is 0 Å². The Kier molecular flexibility index (Phi) is 5.31. The first kappa shape index (κ1) is 16.6. The second-order valence-corrected chi connectivity index (χ2v) is 5.47. The molecule has 2 N–H and O–H groups in total. The quantitative estimate of drug-likeness (QED) is 0.723. The number of rotatable bonds is 6. The molecular formula is C19H19N5O. The summed E-state index contributed by atoms with van der Waals surface area (Å²) in [6.07, 6.45) is 7.36. The van der Waals surface area contributed by atoms with Gasteiger partial charge in [0.15, 0.2) is 0 Å². The van der Waals surface area contributed by atoms with Crippen LogP contribution >= 0.6 is 0 Å². The van der Waals surface area contributed by atoms with Crippen LogP contribution in [0.5, 0.6) is 0 Å². The van der Waals surface area contributed by atoms with Crippen molar-refractivity contribution in [2.45, 2.75) is 19.9 Å². The highest BCUT2D eigenvalue weighted by atomic mass is 16.1. The predicted molar refractivity (Wildman–Crippen MR) is 97.4 cm³/mol. The van der Waals surface area contributed by atoms with E-state index in [9.17, 15) is 4.79 Å². The molecule has 6 nitrogen and oxygen atoms in total. The van der Waals surface area contributed by atoms with E-state index in [0.29, 0.717) is 18.1 Å². The van der Waals surface area contributed by atoms with E-state index in [1.165, 1.54) is 12.4 Å². The van der Waals surface area contributed by atoms with E-state index in [0.717, 1.165) is 23.2 Å². The van der Waals surface area contributed by atoms with Gasteiger partial charge in [-0.05, 0) is 35.7 Å². The van der Waals surface area contributed by atoms with Crippen molar-refractivity contribution in [2.24, 2.45) is 0 Å². The molecule has 0 aliphatic heterocycles. The largest absolute Gasteiger partial charge is 0.350 e. The molecule has 0 aliphatic rings. The van der Waals surface area contributed by atoms with E-state index >= 15 is 0 Å². The van der Waals surface area contributed by atoms with Crippen LogP contribution in [0.25, 0.3) is 0 Å². The van der Waals surface area contributed by atoms with Crippen molar-refractivity contribution in [2.75, 3.05) is 10.6 Å². The number of aryl methyl sites for hydroxylation is 1. The molecule has 6 heteroatoms. The van der Waals surface area contributed by atoms with E-state index in [4.69, 9.17) is 0 Å². The van der Waals surface area contributed by atoms with Crippen molar-refractivity contribution >= 4 is 17.5 Å². The van der Waals surface area contributed by atoms with Crippen LogP contribution in [0.15, 0.2) is 61.2 Å². The molecule has 0 saturated heterocycles. The van der Waals surface area contributed by atoms with Gasteiger partial charge in [-0.1, -0.05) is 25.1 Å². The molecule has 2 aromatic heterocycles. The first-order chi connectivity index (χ1) is 12.3. The van der Waals surface area contributed by atoms with Gasteiger partial charge in [-0.2, -0.15) is 0 Å². The third-order valence-corrected chi connectivity index (χ3v) is 3.76. The van der Waals surface area contributed by atoms with Crippen molar-refractivity contribution in [3.05, 3.63) is 77.9 Å². The number of nitrogens with one attached hydrogen (secondary N) is 2. The standard InChI is InChI=1S/C19H19N5O/c1-2-15-5-3-4-6-17(15)24-18(25)16-12-22-19(23-13-16)21-11-14-7-9-20-10-8-14/h3-10,12-13H,2,11H2,1H3,(H,24,25)(H,21,22,23). The van der Waals surface area contributed by atoms with Crippen LogP contribution < -0.4 is 10.6 Å². The van der Waals surface area contributed by atoms with Gasteiger partial charge in [0.05, 0.1) is 5.56 Å². The Labute approximate surface area is 146 Å². The summed E-state index contributed by atoms with van der Waals surface area (Å²) in [5, 5.41) is 6.02. The smallest absolute Gasteiger partial charge is 0.258 e. The maximum Gasteiger partial charge on any atom is 0.258 e. The highest BCUT2D eigenvalue weighted by molar-refractivity contribution is 6.04. The highest BCUT2D eigenvalue weighted by Crippen LogP contribution is 2.16. The number of pyridine rings is 1. The monoisotopic (exact) mass is 333 g/mol. The van der Waals surface area contributed by atoms with Gasteiger partial charge in [-0.25, -0.2) is 9.97 Å². The first-order valence-electron chi connectivity index (χ1n) is 8.10. The summed E-state index contributed by atoms with van der Waals surface area (Å²) in [6, 6.07) is 11.6. The lowest BCUT2D eigenvalue weighted by Crippen LogP contribution is -2.14. The van der Waals surface area contributed by atoms with E-state index in [-0.39, 0.29) is 5.91 Å². The average molecular weight is 333 g/mol. The molecule has 1 aromatic carbocycles. The van der Waals surface area contributed by atoms with Crippen molar-refractivity contribution < 1.29 is 4.79 Å². The number of hydrogen-bond acceptors (Lipinski definition) is 5. The van der Waals surface area contributed by atoms with Crippen molar-refractivity contribution in [3.63, 3.8) is 0 Å². The number of nitrogens with zero attached hydrogens (tertiary/aromatic N) is 3. The minimum absolute atomic E-state index is 0.221. The zero-order valence-electron chi connectivity index (χ0n) is 13.9. The fourth-order valence-electron chi connectivity index (χ4n) is 2.36. The molecule has 3 rings (SSSR count). The van der Waals surface area contributed by atoms with Crippen LogP contribution in [-0.4, -0.2) is 20.9 Å². The summed E-state index contributed by atoms with van der Waals surface area (Å²) in [7, 11) is 0. The predicted octanol–water partition coefficient (Wildman–Crippen LogP) is 3.30. The number of carbonyl (C=O) groups is 1. The number of benzene rings is 1. The maximum atomic E-state index is 12.4. The molecule has 2 heterocycles. The van der Waals surface area contributed by atoms with E-state index in [1.54, 1.807) is 12.4 Å². The summed E-state index contributed by atoms with van der Waals surface area (Å²) in [6.45, 7) is 2.65. The van der Waals surface area contributed by atoms with Gasteiger partial charge in [0.2, 0.25) is 5.95 Å². The van der Waals surface area contributed by atoms with Crippen LogP contribution in [0.4, 0.5) is 11.6 Å². The lowest BCUT2D eigenvalue weighted by atomic mass is 10.1. The summed E-state index contributed by atoms with van der Waals surface area (Å²) in [5.74, 6) is 0.254. The normalized spacial score (nSPS) is 10.3. The Morgan fingerprint density at radius 1 is 1.04 bits per heavy atom. The average Bonchev–Trinajstić information content (AvgIpc) is 2.68. The lowest BCUT2D eigenvalue weighted by molar-refractivity contribution is 0.102. The van der Waals surface area contributed by atoms with Crippen molar-refractivity contribution in [1.82, 2.24) is 15.0 Å². The Morgan fingerprint density at radius 3 is 2.48 bits per heavy atom. The Balaban J connectivity index is 1.62. The maximum absolute atomic E-state index is 12.4. The molecule has 0 unspecified atom stereocenters. The van der Waals surface area contributed by atoms with E-state index in [2.05, 4.69) is 32.5 Å². The zero-order valence-corrected chi connectivity index (χ0v) is 13.9. The summed E-state index contributed by atoms with van der Waals surface area (Å²) in [5.41, 5.74) is 3.40. The van der Waals surface area contributed by atoms with Gasteiger partial charge >= 0.3 is 0 Å². The number of carbonyl (C=O) groups excluding carboxylic acids is 1. The fourth-order valence-corrected chi connectivity index (χ4v) is 2.36. The van der Waals surface area contributed by atoms with Gasteiger partial charge in [0.25, 0.3) is 5.91 Å². The second-order valence-electron chi connectivity index (χ2n) is 5.47. The number of aromatic nitrogens is 3. The molecule has 0 atom stereocenters. The molecule has 0 fully saturated rings. The van der Waals surface area contributed by atoms with E-state index in [1.807, 2.05) is 36.4 Å². The zero-order chi connectivity index (χ0) is 17.5. The molecule has 0 radical (unpaired) electrons. The topological polar surface area (TPSA) is 79.8 Å². The molecule has 3 aromatic rings. The Morgan fingerprint density at radius 2 is 1.76 bits per heavy atom. The molecule has 126 valence electrons. The number of hydrogen-bond donors (Lipinski definition) is 2. The third kappa shape index (κ3) is 4.38. The Bertz CT molecular complexity index is 834. The Hall–Kier alpha value is -3.28.